The number of aromatic nitrogens is 2. The summed E-state index contributed by atoms with van der Waals surface area (Å²) in [5.41, 5.74) is 0.914. The molecule has 0 bridgehead atoms. The van der Waals surface area contributed by atoms with E-state index in [2.05, 4.69) is 5.10 Å². The number of hydrogen-bond donors (Lipinski definition) is 0. The van der Waals surface area contributed by atoms with E-state index in [0.29, 0.717) is 0 Å². The number of rotatable bonds is 4. The number of methoxy groups -OCH3 is 1. The summed E-state index contributed by atoms with van der Waals surface area (Å²) in [4.78, 5) is 0. The fourth-order valence-corrected chi connectivity index (χ4v) is 5.49. The summed E-state index contributed by atoms with van der Waals surface area (Å²) in [7, 11) is -0.374. The SMILES string of the molecule is COc1ccccc1[C@H]1CCC[C@@H](C)N1S(=O)(=O)c1ccnn1C. The highest BCUT2D eigenvalue weighted by Crippen LogP contribution is 2.41. The van der Waals surface area contributed by atoms with E-state index in [9.17, 15) is 8.42 Å². The molecule has 1 aliphatic rings. The molecule has 1 aromatic heterocycles. The zero-order chi connectivity index (χ0) is 17.3. The van der Waals surface area contributed by atoms with Gasteiger partial charge in [0.05, 0.1) is 19.3 Å². The Kier molecular flexibility index (Phi) is 4.64. The van der Waals surface area contributed by atoms with E-state index < -0.39 is 10.0 Å². The number of aryl methyl sites for hydroxylation is 1. The maximum absolute atomic E-state index is 13.3. The van der Waals surface area contributed by atoms with Crippen LogP contribution in [0.5, 0.6) is 5.75 Å². The number of ether oxygens (including phenoxy) is 1. The molecule has 1 fully saturated rings. The van der Waals surface area contributed by atoms with Crippen LogP contribution in [0.15, 0.2) is 41.6 Å². The van der Waals surface area contributed by atoms with Gasteiger partial charge in [0.25, 0.3) is 10.0 Å². The van der Waals surface area contributed by atoms with Gasteiger partial charge in [0, 0.05) is 18.7 Å². The summed E-state index contributed by atoms with van der Waals surface area (Å²) in [5, 5.41) is 4.24. The molecule has 1 aliphatic heterocycles. The molecule has 2 heterocycles. The van der Waals surface area contributed by atoms with Crippen LogP contribution in [-0.4, -0.2) is 35.7 Å². The van der Waals surface area contributed by atoms with Crippen molar-refractivity contribution in [3.63, 3.8) is 0 Å². The van der Waals surface area contributed by atoms with Gasteiger partial charge in [-0.2, -0.15) is 9.40 Å². The Morgan fingerprint density at radius 2 is 1.96 bits per heavy atom. The standard InChI is InChI=1S/C17H23N3O3S/c1-13-7-6-9-15(14-8-4-5-10-16(14)23-3)20(13)24(21,22)17-11-12-18-19(17)2/h4-5,8,10-13,15H,6-7,9H2,1-3H3/t13-,15-/m1/s1. The van der Waals surface area contributed by atoms with Crippen molar-refractivity contribution >= 4 is 10.0 Å². The molecule has 0 radical (unpaired) electrons. The molecule has 2 atom stereocenters. The lowest BCUT2D eigenvalue weighted by Crippen LogP contribution is -2.44. The van der Waals surface area contributed by atoms with E-state index >= 15 is 0 Å². The molecule has 130 valence electrons. The van der Waals surface area contributed by atoms with Crippen molar-refractivity contribution in [1.82, 2.24) is 14.1 Å². The van der Waals surface area contributed by atoms with Crippen LogP contribution in [0.25, 0.3) is 0 Å². The van der Waals surface area contributed by atoms with Crippen LogP contribution in [0, 0.1) is 0 Å². The van der Waals surface area contributed by atoms with Gasteiger partial charge in [-0.1, -0.05) is 18.2 Å². The molecule has 0 spiro atoms. The molecule has 24 heavy (non-hydrogen) atoms. The monoisotopic (exact) mass is 349 g/mol. The summed E-state index contributed by atoms with van der Waals surface area (Å²) in [6.45, 7) is 1.97. The van der Waals surface area contributed by atoms with Crippen molar-refractivity contribution in [2.45, 2.75) is 43.3 Å². The normalized spacial score (nSPS) is 22.5. The summed E-state index contributed by atoms with van der Waals surface area (Å²) < 4.78 is 35.1. The van der Waals surface area contributed by atoms with Crippen molar-refractivity contribution in [2.75, 3.05) is 7.11 Å². The zero-order valence-corrected chi connectivity index (χ0v) is 15.0. The Hall–Kier alpha value is -1.86. The third-order valence-corrected chi connectivity index (χ3v) is 6.76. The largest absolute Gasteiger partial charge is 0.496 e. The predicted octanol–water partition coefficient (Wildman–Crippen LogP) is 2.73. The molecule has 6 nitrogen and oxygen atoms in total. The van der Waals surface area contributed by atoms with Crippen LogP contribution in [0.1, 0.15) is 37.8 Å². The number of sulfonamides is 1. The molecule has 0 amide bonds. The number of hydrogen-bond acceptors (Lipinski definition) is 4. The second-order valence-corrected chi connectivity index (χ2v) is 7.96. The van der Waals surface area contributed by atoms with E-state index in [1.165, 1.54) is 10.9 Å². The van der Waals surface area contributed by atoms with Crippen LogP contribution in [0.4, 0.5) is 0 Å². The molecule has 1 saturated heterocycles. The second-order valence-electron chi connectivity index (χ2n) is 6.17. The molecular formula is C17H23N3O3S. The topological polar surface area (TPSA) is 64.4 Å². The van der Waals surface area contributed by atoms with Crippen molar-refractivity contribution in [3.05, 3.63) is 42.1 Å². The van der Waals surface area contributed by atoms with E-state index in [4.69, 9.17) is 4.74 Å². The van der Waals surface area contributed by atoms with Crippen LogP contribution in [-0.2, 0) is 17.1 Å². The van der Waals surface area contributed by atoms with Crippen molar-refractivity contribution in [2.24, 2.45) is 7.05 Å². The van der Waals surface area contributed by atoms with Gasteiger partial charge < -0.3 is 4.74 Å². The Labute approximate surface area is 143 Å². The summed E-state index contributed by atoms with van der Waals surface area (Å²) >= 11 is 0. The van der Waals surface area contributed by atoms with E-state index in [0.717, 1.165) is 30.6 Å². The molecule has 1 aromatic carbocycles. The first-order valence-electron chi connectivity index (χ1n) is 8.11. The van der Waals surface area contributed by atoms with Crippen LogP contribution in [0.2, 0.25) is 0 Å². The number of para-hydroxylation sites is 1. The lowest BCUT2D eigenvalue weighted by molar-refractivity contribution is 0.188. The minimum absolute atomic E-state index is 0.0754. The molecule has 3 rings (SSSR count). The van der Waals surface area contributed by atoms with Crippen LogP contribution < -0.4 is 4.74 Å². The van der Waals surface area contributed by atoms with E-state index in [1.807, 2.05) is 31.2 Å². The number of nitrogens with zero attached hydrogens (tertiary/aromatic N) is 3. The molecule has 0 N–H and O–H groups in total. The predicted molar refractivity (Wildman–Crippen MR) is 91.3 cm³/mol. The third kappa shape index (κ3) is 2.82. The van der Waals surface area contributed by atoms with Gasteiger partial charge in [-0.25, -0.2) is 8.42 Å². The lowest BCUT2D eigenvalue weighted by atomic mass is 9.93. The Bertz CT molecular complexity index is 816. The van der Waals surface area contributed by atoms with E-state index in [-0.39, 0.29) is 17.1 Å². The highest BCUT2D eigenvalue weighted by molar-refractivity contribution is 7.89. The number of piperidine rings is 1. The summed E-state index contributed by atoms with van der Waals surface area (Å²) in [6, 6.07) is 8.89. The first-order chi connectivity index (χ1) is 11.5. The molecule has 2 aromatic rings. The van der Waals surface area contributed by atoms with Gasteiger partial charge in [0.2, 0.25) is 0 Å². The third-order valence-electron chi connectivity index (χ3n) is 4.66. The summed E-state index contributed by atoms with van der Waals surface area (Å²) in [6.07, 6.45) is 4.13. The number of benzene rings is 1. The Morgan fingerprint density at radius 1 is 1.21 bits per heavy atom. The van der Waals surface area contributed by atoms with Gasteiger partial charge in [-0.3, -0.25) is 4.68 Å². The highest BCUT2D eigenvalue weighted by Gasteiger charge is 2.40. The van der Waals surface area contributed by atoms with Crippen molar-refractivity contribution < 1.29 is 13.2 Å². The molecular weight excluding hydrogens is 326 g/mol. The second kappa shape index (κ2) is 6.57. The fraction of sp³-hybridized carbons (Fsp3) is 0.471. The Morgan fingerprint density at radius 3 is 2.62 bits per heavy atom. The minimum atomic E-state index is -3.64. The molecule has 7 heteroatoms. The van der Waals surface area contributed by atoms with Gasteiger partial charge in [-0.15, -0.1) is 0 Å². The maximum Gasteiger partial charge on any atom is 0.261 e. The average molecular weight is 349 g/mol. The molecule has 0 saturated carbocycles. The first kappa shape index (κ1) is 17.0. The van der Waals surface area contributed by atoms with Crippen LogP contribution >= 0.6 is 0 Å². The van der Waals surface area contributed by atoms with Crippen molar-refractivity contribution in [3.8, 4) is 5.75 Å². The summed E-state index contributed by atoms with van der Waals surface area (Å²) in [5.74, 6) is 0.724. The van der Waals surface area contributed by atoms with Crippen LogP contribution in [0.3, 0.4) is 0 Å². The lowest BCUT2D eigenvalue weighted by Gasteiger charge is -2.39. The quantitative estimate of drug-likeness (QED) is 0.851. The maximum atomic E-state index is 13.3. The average Bonchev–Trinajstić information content (AvgIpc) is 3.01. The first-order valence-corrected chi connectivity index (χ1v) is 9.55. The molecule has 0 aliphatic carbocycles. The van der Waals surface area contributed by atoms with Gasteiger partial charge in [-0.05, 0) is 38.3 Å². The Balaban J connectivity index is 2.10. The zero-order valence-electron chi connectivity index (χ0n) is 14.2. The molecule has 0 unspecified atom stereocenters. The van der Waals surface area contributed by atoms with Gasteiger partial charge >= 0.3 is 0 Å². The van der Waals surface area contributed by atoms with Gasteiger partial charge in [0.1, 0.15) is 5.75 Å². The van der Waals surface area contributed by atoms with Gasteiger partial charge in [0.15, 0.2) is 5.03 Å². The van der Waals surface area contributed by atoms with E-state index in [1.54, 1.807) is 24.5 Å². The van der Waals surface area contributed by atoms with Crippen molar-refractivity contribution in [1.29, 1.82) is 0 Å². The smallest absolute Gasteiger partial charge is 0.261 e. The minimum Gasteiger partial charge on any atom is -0.496 e. The fourth-order valence-electron chi connectivity index (χ4n) is 3.53. The highest BCUT2D eigenvalue weighted by atomic mass is 32.2.